The summed E-state index contributed by atoms with van der Waals surface area (Å²) in [5.41, 5.74) is 2.12. The van der Waals surface area contributed by atoms with E-state index < -0.39 is 0 Å². The summed E-state index contributed by atoms with van der Waals surface area (Å²) in [6.45, 7) is 10.3. The Hall–Kier alpha value is -0.900. The van der Waals surface area contributed by atoms with Crippen LogP contribution in [0.3, 0.4) is 0 Å². The average Bonchev–Trinajstić information content (AvgIpc) is 2.41. The van der Waals surface area contributed by atoms with E-state index in [9.17, 15) is 0 Å². The summed E-state index contributed by atoms with van der Waals surface area (Å²) in [4.78, 5) is 0. The second kappa shape index (κ2) is 6.70. The van der Waals surface area contributed by atoms with Crippen LogP contribution in [0.1, 0.15) is 38.3 Å². The van der Waals surface area contributed by atoms with Gasteiger partial charge in [-0.25, -0.2) is 0 Å². The molecule has 1 fully saturated rings. The standard InChI is InChI=1S/C17H26O3/c1-13(2)9-16-18-11-17(4,12-19-16)20-10-15-8-6-5-7-14(15)3/h5-8,13,16H,9-12H2,1-4H3. The fourth-order valence-corrected chi connectivity index (χ4v) is 2.26. The van der Waals surface area contributed by atoms with E-state index in [0.717, 1.165) is 6.42 Å². The normalized spacial score (nSPS) is 26.9. The molecular weight excluding hydrogens is 252 g/mol. The molecule has 20 heavy (non-hydrogen) atoms. The molecule has 0 radical (unpaired) electrons. The van der Waals surface area contributed by atoms with Crippen molar-refractivity contribution < 1.29 is 14.2 Å². The maximum Gasteiger partial charge on any atom is 0.158 e. The van der Waals surface area contributed by atoms with Crippen LogP contribution in [-0.2, 0) is 20.8 Å². The predicted molar refractivity (Wildman–Crippen MR) is 79.5 cm³/mol. The lowest BCUT2D eigenvalue weighted by Gasteiger charge is -2.37. The summed E-state index contributed by atoms with van der Waals surface area (Å²) >= 11 is 0. The van der Waals surface area contributed by atoms with E-state index >= 15 is 0 Å². The van der Waals surface area contributed by atoms with Gasteiger partial charge in [-0.15, -0.1) is 0 Å². The SMILES string of the molecule is Cc1ccccc1COC1(C)COC(CC(C)C)OC1. The second-order valence-electron chi connectivity index (χ2n) is 6.35. The monoisotopic (exact) mass is 278 g/mol. The van der Waals surface area contributed by atoms with Crippen molar-refractivity contribution in [1.29, 1.82) is 0 Å². The molecule has 1 heterocycles. The lowest BCUT2D eigenvalue weighted by atomic mass is 10.1. The van der Waals surface area contributed by atoms with E-state index in [-0.39, 0.29) is 11.9 Å². The highest BCUT2D eigenvalue weighted by molar-refractivity contribution is 5.24. The molecule has 0 amide bonds. The zero-order chi connectivity index (χ0) is 14.6. The zero-order valence-electron chi connectivity index (χ0n) is 13.0. The van der Waals surface area contributed by atoms with E-state index in [1.54, 1.807) is 0 Å². The lowest BCUT2D eigenvalue weighted by Crippen LogP contribution is -2.47. The Morgan fingerprint density at radius 2 is 1.90 bits per heavy atom. The van der Waals surface area contributed by atoms with E-state index in [4.69, 9.17) is 14.2 Å². The minimum absolute atomic E-state index is 0.0786. The van der Waals surface area contributed by atoms with Gasteiger partial charge in [-0.05, 0) is 30.9 Å². The summed E-state index contributed by atoms with van der Waals surface area (Å²) in [5, 5.41) is 0. The Morgan fingerprint density at radius 3 is 2.50 bits per heavy atom. The highest BCUT2D eigenvalue weighted by atomic mass is 16.7. The first-order valence-corrected chi connectivity index (χ1v) is 7.40. The summed E-state index contributed by atoms with van der Waals surface area (Å²) in [7, 11) is 0. The molecule has 0 atom stereocenters. The molecule has 1 aliphatic rings. The fraction of sp³-hybridized carbons (Fsp3) is 0.647. The van der Waals surface area contributed by atoms with Gasteiger partial charge in [0.2, 0.25) is 0 Å². The largest absolute Gasteiger partial charge is 0.366 e. The van der Waals surface area contributed by atoms with Crippen molar-refractivity contribution in [3.8, 4) is 0 Å². The van der Waals surface area contributed by atoms with Crippen molar-refractivity contribution >= 4 is 0 Å². The van der Waals surface area contributed by atoms with E-state index in [2.05, 4.69) is 39.8 Å². The third-order valence-electron chi connectivity index (χ3n) is 3.65. The highest BCUT2D eigenvalue weighted by Gasteiger charge is 2.33. The molecule has 0 spiro atoms. The van der Waals surface area contributed by atoms with Crippen molar-refractivity contribution in [3.05, 3.63) is 35.4 Å². The van der Waals surface area contributed by atoms with E-state index in [0.29, 0.717) is 25.7 Å². The topological polar surface area (TPSA) is 27.7 Å². The van der Waals surface area contributed by atoms with Gasteiger partial charge >= 0.3 is 0 Å². The van der Waals surface area contributed by atoms with Gasteiger partial charge in [0.05, 0.1) is 19.8 Å². The first-order valence-electron chi connectivity index (χ1n) is 7.40. The molecule has 1 aromatic rings. The molecule has 0 N–H and O–H groups in total. The van der Waals surface area contributed by atoms with Crippen molar-refractivity contribution in [3.63, 3.8) is 0 Å². The first-order chi connectivity index (χ1) is 9.48. The van der Waals surface area contributed by atoms with Crippen LogP contribution in [0.5, 0.6) is 0 Å². The molecule has 1 saturated heterocycles. The van der Waals surface area contributed by atoms with Crippen LogP contribution in [0, 0.1) is 12.8 Å². The van der Waals surface area contributed by atoms with Gasteiger partial charge in [-0.3, -0.25) is 0 Å². The van der Waals surface area contributed by atoms with Crippen LogP contribution < -0.4 is 0 Å². The van der Waals surface area contributed by atoms with Gasteiger partial charge < -0.3 is 14.2 Å². The number of rotatable bonds is 5. The van der Waals surface area contributed by atoms with E-state index in [1.807, 2.05) is 12.1 Å². The van der Waals surface area contributed by atoms with E-state index in [1.165, 1.54) is 11.1 Å². The van der Waals surface area contributed by atoms with Crippen LogP contribution in [-0.4, -0.2) is 25.1 Å². The van der Waals surface area contributed by atoms with Crippen LogP contribution in [0.4, 0.5) is 0 Å². The van der Waals surface area contributed by atoms with Crippen LogP contribution >= 0.6 is 0 Å². The third kappa shape index (κ3) is 4.30. The smallest absolute Gasteiger partial charge is 0.158 e. The molecule has 3 heteroatoms. The van der Waals surface area contributed by atoms with Gasteiger partial charge in [0, 0.05) is 6.42 Å². The molecule has 0 bridgehead atoms. The molecule has 1 aliphatic heterocycles. The van der Waals surface area contributed by atoms with Gasteiger partial charge in [-0.1, -0.05) is 38.1 Å². The Labute approximate surface area is 122 Å². The molecule has 0 aliphatic carbocycles. The zero-order valence-corrected chi connectivity index (χ0v) is 13.0. The van der Waals surface area contributed by atoms with Crippen molar-refractivity contribution in [2.45, 2.75) is 52.6 Å². The fourth-order valence-electron chi connectivity index (χ4n) is 2.26. The summed E-state index contributed by atoms with van der Waals surface area (Å²) in [6, 6.07) is 8.29. The summed E-state index contributed by atoms with van der Waals surface area (Å²) < 4.78 is 17.6. The summed E-state index contributed by atoms with van der Waals surface area (Å²) in [6.07, 6.45) is 0.860. The molecule has 0 unspecified atom stereocenters. The summed E-state index contributed by atoms with van der Waals surface area (Å²) in [5.74, 6) is 0.581. The van der Waals surface area contributed by atoms with Crippen LogP contribution in [0.25, 0.3) is 0 Å². The Bertz CT molecular complexity index is 420. The molecule has 2 rings (SSSR count). The first kappa shape index (κ1) is 15.5. The molecular formula is C17H26O3. The number of hydrogen-bond acceptors (Lipinski definition) is 3. The van der Waals surface area contributed by atoms with Crippen molar-refractivity contribution in [2.24, 2.45) is 5.92 Å². The third-order valence-corrected chi connectivity index (χ3v) is 3.65. The van der Waals surface area contributed by atoms with Crippen LogP contribution in [0.2, 0.25) is 0 Å². The highest BCUT2D eigenvalue weighted by Crippen LogP contribution is 2.24. The van der Waals surface area contributed by atoms with Gasteiger partial charge in [0.25, 0.3) is 0 Å². The second-order valence-corrected chi connectivity index (χ2v) is 6.35. The van der Waals surface area contributed by atoms with Crippen molar-refractivity contribution in [1.82, 2.24) is 0 Å². The quantitative estimate of drug-likeness (QED) is 0.822. The number of aryl methyl sites for hydroxylation is 1. The molecule has 0 saturated carbocycles. The predicted octanol–water partition coefficient (Wildman–Crippen LogP) is 3.69. The Kier molecular flexibility index (Phi) is 5.19. The van der Waals surface area contributed by atoms with Gasteiger partial charge in [-0.2, -0.15) is 0 Å². The Balaban J connectivity index is 1.83. The minimum Gasteiger partial charge on any atom is -0.366 e. The Morgan fingerprint density at radius 1 is 1.25 bits per heavy atom. The number of ether oxygens (including phenoxy) is 3. The molecule has 3 nitrogen and oxygen atoms in total. The van der Waals surface area contributed by atoms with Gasteiger partial charge in [0.15, 0.2) is 6.29 Å². The minimum atomic E-state index is -0.351. The molecule has 1 aromatic carbocycles. The lowest BCUT2D eigenvalue weighted by molar-refractivity contribution is -0.266. The van der Waals surface area contributed by atoms with Crippen LogP contribution in [0.15, 0.2) is 24.3 Å². The number of benzene rings is 1. The molecule has 112 valence electrons. The maximum absolute atomic E-state index is 6.04. The van der Waals surface area contributed by atoms with Crippen molar-refractivity contribution in [2.75, 3.05) is 13.2 Å². The molecule has 0 aromatic heterocycles. The van der Waals surface area contributed by atoms with Gasteiger partial charge in [0.1, 0.15) is 5.60 Å². The maximum atomic E-state index is 6.04. The average molecular weight is 278 g/mol. The number of hydrogen-bond donors (Lipinski definition) is 0.